The van der Waals surface area contributed by atoms with Gasteiger partial charge in [-0.1, -0.05) is 30.3 Å². The summed E-state index contributed by atoms with van der Waals surface area (Å²) in [6.45, 7) is 6.36. The fraction of sp³-hybridized carbons (Fsp3) is 0.650. The van der Waals surface area contributed by atoms with E-state index in [1.807, 2.05) is 6.07 Å². The van der Waals surface area contributed by atoms with Crippen molar-refractivity contribution in [3.05, 3.63) is 35.9 Å². The smallest absolute Gasteiger partial charge is 0.315 e. The first-order chi connectivity index (χ1) is 12.1. The Morgan fingerprint density at radius 2 is 1.88 bits per heavy atom. The van der Waals surface area contributed by atoms with Crippen LogP contribution < -0.4 is 16.0 Å². The van der Waals surface area contributed by atoms with Gasteiger partial charge < -0.3 is 20.7 Å². The summed E-state index contributed by atoms with van der Waals surface area (Å²) in [5.41, 5.74) is 1.15. The lowest BCUT2D eigenvalue weighted by Gasteiger charge is -2.40. The molecule has 0 aromatic heterocycles. The molecule has 138 valence electrons. The lowest BCUT2D eigenvalue weighted by molar-refractivity contribution is 0.0347. The van der Waals surface area contributed by atoms with Gasteiger partial charge in [0.05, 0.1) is 0 Å². The van der Waals surface area contributed by atoms with E-state index in [1.165, 1.54) is 18.4 Å². The lowest BCUT2D eigenvalue weighted by Crippen LogP contribution is -2.58. The van der Waals surface area contributed by atoms with E-state index < -0.39 is 0 Å². The van der Waals surface area contributed by atoms with Crippen LogP contribution in [0.15, 0.2) is 30.3 Å². The quantitative estimate of drug-likeness (QED) is 0.712. The Morgan fingerprint density at radius 1 is 1.20 bits per heavy atom. The Balaban J connectivity index is 1.57. The molecule has 25 heavy (non-hydrogen) atoms. The fourth-order valence-corrected chi connectivity index (χ4v) is 3.64. The van der Waals surface area contributed by atoms with Gasteiger partial charge in [-0.3, -0.25) is 0 Å². The number of benzene rings is 1. The van der Waals surface area contributed by atoms with Crippen LogP contribution in [0.4, 0.5) is 4.79 Å². The SMILES string of the molecule is C[C@H](NC1(CNC(=O)N[C@H](C)C2CC2)CCOCC1)c1ccccc1. The Morgan fingerprint density at radius 3 is 2.52 bits per heavy atom. The van der Waals surface area contributed by atoms with Crippen LogP contribution in [-0.4, -0.2) is 37.4 Å². The van der Waals surface area contributed by atoms with Gasteiger partial charge in [0.1, 0.15) is 0 Å². The number of rotatable bonds is 7. The molecule has 0 unspecified atom stereocenters. The van der Waals surface area contributed by atoms with Gasteiger partial charge in [0.25, 0.3) is 0 Å². The molecule has 5 heteroatoms. The van der Waals surface area contributed by atoms with Gasteiger partial charge in [-0.05, 0) is 51.0 Å². The molecule has 0 radical (unpaired) electrons. The number of hydrogen-bond acceptors (Lipinski definition) is 3. The fourth-order valence-electron chi connectivity index (χ4n) is 3.64. The standard InChI is InChI=1S/C20H31N3O2/c1-15(18-8-9-18)22-19(24)21-14-20(10-12-25-13-11-20)23-16(2)17-6-4-3-5-7-17/h3-7,15-16,18,23H,8-14H2,1-2H3,(H2,21,22,24)/t15-,16+/m1/s1. The van der Waals surface area contributed by atoms with Gasteiger partial charge in [-0.15, -0.1) is 0 Å². The molecule has 3 N–H and O–H groups in total. The molecule has 3 rings (SSSR count). The summed E-state index contributed by atoms with van der Waals surface area (Å²) in [4.78, 5) is 12.2. The van der Waals surface area contributed by atoms with E-state index in [1.54, 1.807) is 0 Å². The molecule has 1 aromatic rings. The molecular formula is C20H31N3O2. The van der Waals surface area contributed by atoms with Crippen LogP contribution in [0.25, 0.3) is 0 Å². The van der Waals surface area contributed by atoms with Gasteiger partial charge in [-0.25, -0.2) is 4.79 Å². The second-order valence-electron chi connectivity index (χ2n) is 7.62. The predicted octanol–water partition coefficient (Wildman–Crippen LogP) is 2.98. The zero-order chi connectivity index (χ0) is 17.7. The highest BCUT2D eigenvalue weighted by molar-refractivity contribution is 5.74. The molecule has 2 amide bonds. The maximum absolute atomic E-state index is 12.2. The van der Waals surface area contributed by atoms with Crippen molar-refractivity contribution in [3.8, 4) is 0 Å². The van der Waals surface area contributed by atoms with Gasteiger partial charge in [-0.2, -0.15) is 0 Å². The molecule has 1 heterocycles. The van der Waals surface area contributed by atoms with E-state index in [9.17, 15) is 4.79 Å². The van der Waals surface area contributed by atoms with Gasteiger partial charge in [0.15, 0.2) is 0 Å². The molecule has 2 aliphatic rings. The second-order valence-corrected chi connectivity index (χ2v) is 7.62. The number of nitrogens with one attached hydrogen (secondary N) is 3. The van der Waals surface area contributed by atoms with E-state index in [4.69, 9.17) is 4.74 Å². The van der Waals surface area contributed by atoms with Crippen LogP contribution >= 0.6 is 0 Å². The molecule has 1 aliphatic carbocycles. The summed E-state index contributed by atoms with van der Waals surface area (Å²) >= 11 is 0. The summed E-state index contributed by atoms with van der Waals surface area (Å²) in [5, 5.41) is 9.94. The van der Waals surface area contributed by atoms with Crippen LogP contribution in [0, 0.1) is 5.92 Å². The average Bonchev–Trinajstić information content (AvgIpc) is 3.47. The Kier molecular flexibility index (Phi) is 5.97. The summed E-state index contributed by atoms with van der Waals surface area (Å²) < 4.78 is 5.55. The maximum atomic E-state index is 12.2. The zero-order valence-corrected chi connectivity index (χ0v) is 15.4. The molecular weight excluding hydrogens is 314 g/mol. The number of ether oxygens (including phenoxy) is 1. The normalized spacial score (nSPS) is 22.0. The predicted molar refractivity (Wildman–Crippen MR) is 99.5 cm³/mol. The molecule has 2 fully saturated rings. The van der Waals surface area contributed by atoms with Crippen LogP contribution in [0.1, 0.15) is 51.1 Å². The van der Waals surface area contributed by atoms with Crippen molar-refractivity contribution >= 4 is 6.03 Å². The maximum Gasteiger partial charge on any atom is 0.315 e. The number of urea groups is 1. The van der Waals surface area contributed by atoms with E-state index in [2.05, 4.69) is 54.1 Å². The van der Waals surface area contributed by atoms with Crippen LogP contribution in [-0.2, 0) is 4.74 Å². The third-order valence-electron chi connectivity index (χ3n) is 5.55. The molecule has 5 nitrogen and oxygen atoms in total. The third kappa shape index (κ3) is 5.19. The minimum atomic E-state index is -0.117. The molecule has 2 atom stereocenters. The van der Waals surface area contributed by atoms with E-state index in [0.717, 1.165) is 26.1 Å². The third-order valence-corrected chi connectivity index (χ3v) is 5.55. The summed E-state index contributed by atoms with van der Waals surface area (Å²) in [7, 11) is 0. The van der Waals surface area contributed by atoms with Crippen LogP contribution in [0.5, 0.6) is 0 Å². The Bertz CT molecular complexity index is 553. The van der Waals surface area contributed by atoms with E-state index >= 15 is 0 Å². The summed E-state index contributed by atoms with van der Waals surface area (Å²) in [6, 6.07) is 10.9. The topological polar surface area (TPSA) is 62.4 Å². The van der Waals surface area contributed by atoms with Crippen molar-refractivity contribution in [2.24, 2.45) is 5.92 Å². The molecule has 1 aromatic carbocycles. The highest BCUT2D eigenvalue weighted by Gasteiger charge is 2.35. The van der Waals surface area contributed by atoms with Gasteiger partial charge in [0, 0.05) is 37.4 Å². The van der Waals surface area contributed by atoms with Crippen LogP contribution in [0.2, 0.25) is 0 Å². The second kappa shape index (κ2) is 8.19. The molecule has 0 spiro atoms. The first kappa shape index (κ1) is 18.2. The average molecular weight is 345 g/mol. The minimum absolute atomic E-state index is 0.0561. The van der Waals surface area contributed by atoms with Crippen molar-refractivity contribution in [1.82, 2.24) is 16.0 Å². The summed E-state index contributed by atoms with van der Waals surface area (Å²) in [6.07, 6.45) is 4.28. The van der Waals surface area contributed by atoms with E-state index in [0.29, 0.717) is 12.5 Å². The highest BCUT2D eigenvalue weighted by Crippen LogP contribution is 2.32. The number of carbonyl (C=O) groups is 1. The molecule has 1 saturated carbocycles. The van der Waals surface area contributed by atoms with Crippen molar-refractivity contribution in [2.75, 3.05) is 19.8 Å². The first-order valence-corrected chi connectivity index (χ1v) is 9.53. The van der Waals surface area contributed by atoms with Gasteiger partial charge in [0.2, 0.25) is 0 Å². The molecule has 1 aliphatic heterocycles. The molecule has 1 saturated heterocycles. The number of amides is 2. The van der Waals surface area contributed by atoms with E-state index in [-0.39, 0.29) is 23.7 Å². The minimum Gasteiger partial charge on any atom is -0.381 e. The number of carbonyl (C=O) groups excluding carboxylic acids is 1. The van der Waals surface area contributed by atoms with Crippen molar-refractivity contribution in [3.63, 3.8) is 0 Å². The monoisotopic (exact) mass is 345 g/mol. The van der Waals surface area contributed by atoms with Gasteiger partial charge >= 0.3 is 6.03 Å². The van der Waals surface area contributed by atoms with Crippen LogP contribution in [0.3, 0.4) is 0 Å². The Labute approximate surface area is 150 Å². The zero-order valence-electron chi connectivity index (χ0n) is 15.4. The molecule has 0 bridgehead atoms. The Hall–Kier alpha value is -1.59. The lowest BCUT2D eigenvalue weighted by atomic mass is 9.88. The highest BCUT2D eigenvalue weighted by atomic mass is 16.5. The van der Waals surface area contributed by atoms with Crippen molar-refractivity contribution < 1.29 is 9.53 Å². The summed E-state index contributed by atoms with van der Waals surface area (Å²) in [5.74, 6) is 0.666. The first-order valence-electron chi connectivity index (χ1n) is 9.53. The largest absolute Gasteiger partial charge is 0.381 e. The van der Waals surface area contributed by atoms with Crippen molar-refractivity contribution in [2.45, 2.75) is 57.2 Å². The van der Waals surface area contributed by atoms with Crippen molar-refractivity contribution in [1.29, 1.82) is 0 Å². The number of hydrogen-bond donors (Lipinski definition) is 3.